The molecule has 28 heavy (non-hydrogen) atoms. The Bertz CT molecular complexity index is 770. The minimum absolute atomic E-state index is 0. The summed E-state index contributed by atoms with van der Waals surface area (Å²) in [5.41, 5.74) is 1.03. The number of piperidine rings is 1. The zero-order valence-corrected chi connectivity index (χ0v) is 16.5. The standard InChI is InChI=1S/C22H25FN2O2.ClH/c23-17-3-9-21(10-4-17)27-20-7-1-15(2-8-20)14-24-22(26)13-16-11-18-5-6-19(12-16)25-18;/h1-4,7-10,16,18-19,25H,5-6,11-14H2,(H,24,26);1H. The quantitative estimate of drug-likeness (QED) is 0.741. The summed E-state index contributed by atoms with van der Waals surface area (Å²) in [6.07, 6.45) is 5.39. The lowest BCUT2D eigenvalue weighted by Crippen LogP contribution is -2.39. The first kappa shape index (κ1) is 20.6. The van der Waals surface area contributed by atoms with E-state index in [9.17, 15) is 9.18 Å². The van der Waals surface area contributed by atoms with Gasteiger partial charge in [0.2, 0.25) is 5.91 Å². The van der Waals surface area contributed by atoms with Gasteiger partial charge in [0.15, 0.2) is 0 Å². The maximum Gasteiger partial charge on any atom is 0.220 e. The summed E-state index contributed by atoms with van der Waals surface area (Å²) in [4.78, 5) is 12.3. The minimum atomic E-state index is -0.286. The Hall–Kier alpha value is -2.11. The molecule has 2 heterocycles. The first-order valence-corrected chi connectivity index (χ1v) is 9.69. The number of benzene rings is 2. The van der Waals surface area contributed by atoms with E-state index in [0.29, 0.717) is 42.5 Å². The van der Waals surface area contributed by atoms with Crippen molar-refractivity contribution in [2.24, 2.45) is 5.92 Å². The van der Waals surface area contributed by atoms with Crippen molar-refractivity contribution in [1.29, 1.82) is 0 Å². The SMILES string of the molecule is Cl.O=C(CC1CC2CCC(C1)N2)NCc1ccc(Oc2ccc(F)cc2)cc1. The number of carbonyl (C=O) groups is 1. The molecule has 0 saturated carbocycles. The second kappa shape index (κ2) is 9.39. The third kappa shape index (κ3) is 5.46. The summed E-state index contributed by atoms with van der Waals surface area (Å²) in [7, 11) is 0. The molecule has 2 aromatic carbocycles. The molecule has 2 atom stereocenters. The normalized spacial score (nSPS) is 23.0. The average molecular weight is 405 g/mol. The largest absolute Gasteiger partial charge is 0.457 e. The molecule has 2 saturated heterocycles. The van der Waals surface area contributed by atoms with Crippen LogP contribution in [0.2, 0.25) is 0 Å². The number of carbonyl (C=O) groups excluding carboxylic acids is 1. The highest BCUT2D eigenvalue weighted by Crippen LogP contribution is 2.32. The van der Waals surface area contributed by atoms with E-state index < -0.39 is 0 Å². The van der Waals surface area contributed by atoms with E-state index in [1.807, 2.05) is 24.3 Å². The van der Waals surface area contributed by atoms with Crippen molar-refractivity contribution in [2.45, 2.75) is 50.7 Å². The van der Waals surface area contributed by atoms with Crippen molar-refractivity contribution in [2.75, 3.05) is 0 Å². The first-order chi connectivity index (χ1) is 13.1. The number of fused-ring (bicyclic) bond motifs is 2. The Morgan fingerprint density at radius 1 is 1.00 bits per heavy atom. The van der Waals surface area contributed by atoms with E-state index in [0.717, 1.165) is 18.4 Å². The van der Waals surface area contributed by atoms with Crippen molar-refractivity contribution in [1.82, 2.24) is 10.6 Å². The maximum atomic E-state index is 12.9. The van der Waals surface area contributed by atoms with E-state index in [-0.39, 0.29) is 24.1 Å². The molecule has 0 radical (unpaired) electrons. The molecule has 1 amide bonds. The molecule has 4 nitrogen and oxygen atoms in total. The topological polar surface area (TPSA) is 50.4 Å². The van der Waals surface area contributed by atoms with Gasteiger partial charge in [-0.3, -0.25) is 4.79 Å². The summed E-state index contributed by atoms with van der Waals surface area (Å²) < 4.78 is 18.6. The van der Waals surface area contributed by atoms with Gasteiger partial charge in [-0.1, -0.05) is 12.1 Å². The van der Waals surface area contributed by atoms with Crippen LogP contribution in [0.5, 0.6) is 11.5 Å². The molecule has 2 unspecified atom stereocenters. The number of amides is 1. The Labute approximate surface area is 171 Å². The summed E-state index contributed by atoms with van der Waals surface area (Å²) in [5, 5.41) is 6.64. The van der Waals surface area contributed by atoms with Gasteiger partial charge in [-0.2, -0.15) is 0 Å². The van der Waals surface area contributed by atoms with Crippen LogP contribution in [-0.2, 0) is 11.3 Å². The van der Waals surface area contributed by atoms with Crippen molar-refractivity contribution in [3.05, 3.63) is 59.9 Å². The first-order valence-electron chi connectivity index (χ1n) is 9.69. The molecule has 2 bridgehead atoms. The summed E-state index contributed by atoms with van der Waals surface area (Å²) in [6.45, 7) is 0.521. The number of rotatable bonds is 6. The maximum absolute atomic E-state index is 12.9. The predicted octanol–water partition coefficient (Wildman–Crippen LogP) is 4.58. The molecule has 2 aliphatic heterocycles. The molecule has 2 aromatic rings. The highest BCUT2D eigenvalue weighted by Gasteiger charge is 2.34. The fourth-order valence-electron chi connectivity index (χ4n) is 4.19. The van der Waals surface area contributed by atoms with E-state index in [2.05, 4.69) is 10.6 Å². The molecule has 2 fully saturated rings. The zero-order chi connectivity index (χ0) is 18.6. The van der Waals surface area contributed by atoms with Crippen LogP contribution in [0.1, 0.15) is 37.7 Å². The van der Waals surface area contributed by atoms with Crippen LogP contribution in [0.15, 0.2) is 48.5 Å². The molecular formula is C22H26ClFN2O2. The van der Waals surface area contributed by atoms with E-state index in [1.165, 1.54) is 25.0 Å². The minimum Gasteiger partial charge on any atom is -0.457 e. The van der Waals surface area contributed by atoms with Gasteiger partial charge in [0, 0.05) is 25.0 Å². The van der Waals surface area contributed by atoms with Gasteiger partial charge in [0.05, 0.1) is 0 Å². The summed E-state index contributed by atoms with van der Waals surface area (Å²) in [5.74, 6) is 1.63. The monoisotopic (exact) mass is 404 g/mol. The van der Waals surface area contributed by atoms with Gasteiger partial charge in [-0.25, -0.2) is 4.39 Å². The lowest BCUT2D eigenvalue weighted by Gasteiger charge is -2.28. The zero-order valence-electron chi connectivity index (χ0n) is 15.7. The molecule has 6 heteroatoms. The molecule has 2 aliphatic rings. The van der Waals surface area contributed by atoms with E-state index in [1.54, 1.807) is 12.1 Å². The number of ether oxygens (including phenoxy) is 1. The predicted molar refractivity (Wildman–Crippen MR) is 109 cm³/mol. The molecular weight excluding hydrogens is 379 g/mol. The molecule has 4 rings (SSSR count). The fourth-order valence-corrected chi connectivity index (χ4v) is 4.19. The smallest absolute Gasteiger partial charge is 0.220 e. The Balaban J connectivity index is 0.00000225. The highest BCUT2D eigenvalue weighted by atomic mass is 35.5. The van der Waals surface area contributed by atoms with Crippen LogP contribution in [0.4, 0.5) is 4.39 Å². The second-order valence-electron chi connectivity index (χ2n) is 7.66. The molecule has 2 N–H and O–H groups in total. The Kier molecular flexibility index (Phi) is 6.92. The summed E-state index contributed by atoms with van der Waals surface area (Å²) in [6, 6.07) is 14.7. The molecule has 0 spiro atoms. The van der Waals surface area contributed by atoms with Crippen molar-refractivity contribution >= 4 is 18.3 Å². The number of hydrogen-bond donors (Lipinski definition) is 2. The number of halogens is 2. The van der Waals surface area contributed by atoms with Crippen LogP contribution in [0, 0.1) is 11.7 Å². The Morgan fingerprint density at radius 2 is 1.57 bits per heavy atom. The van der Waals surface area contributed by atoms with Crippen LogP contribution < -0.4 is 15.4 Å². The average Bonchev–Trinajstić information content (AvgIpc) is 3.01. The molecule has 150 valence electrons. The van der Waals surface area contributed by atoms with Gasteiger partial charge in [0.25, 0.3) is 0 Å². The fraction of sp³-hybridized carbons (Fsp3) is 0.409. The third-order valence-corrected chi connectivity index (χ3v) is 5.51. The van der Waals surface area contributed by atoms with E-state index in [4.69, 9.17) is 4.74 Å². The molecule has 0 aromatic heterocycles. The van der Waals surface area contributed by atoms with Gasteiger partial charge >= 0.3 is 0 Å². The number of hydrogen-bond acceptors (Lipinski definition) is 3. The second-order valence-corrected chi connectivity index (χ2v) is 7.66. The summed E-state index contributed by atoms with van der Waals surface area (Å²) >= 11 is 0. The molecule has 0 aliphatic carbocycles. The lowest BCUT2D eigenvalue weighted by molar-refractivity contribution is -0.122. The van der Waals surface area contributed by atoms with Gasteiger partial charge in [-0.05, 0) is 73.6 Å². The van der Waals surface area contributed by atoms with Crippen molar-refractivity contribution < 1.29 is 13.9 Å². The highest BCUT2D eigenvalue weighted by molar-refractivity contribution is 5.85. The van der Waals surface area contributed by atoms with Crippen LogP contribution in [0.3, 0.4) is 0 Å². The van der Waals surface area contributed by atoms with Gasteiger partial charge in [0.1, 0.15) is 17.3 Å². The van der Waals surface area contributed by atoms with Crippen LogP contribution >= 0.6 is 12.4 Å². The van der Waals surface area contributed by atoms with E-state index >= 15 is 0 Å². The lowest BCUT2D eigenvalue weighted by atomic mass is 9.89. The van der Waals surface area contributed by atoms with Crippen LogP contribution in [-0.4, -0.2) is 18.0 Å². The van der Waals surface area contributed by atoms with Crippen molar-refractivity contribution in [3.63, 3.8) is 0 Å². The third-order valence-electron chi connectivity index (χ3n) is 5.51. The number of nitrogens with one attached hydrogen (secondary N) is 2. The van der Waals surface area contributed by atoms with Gasteiger partial charge < -0.3 is 15.4 Å². The Morgan fingerprint density at radius 3 is 2.18 bits per heavy atom. The van der Waals surface area contributed by atoms with Crippen LogP contribution in [0.25, 0.3) is 0 Å². The van der Waals surface area contributed by atoms with Crippen molar-refractivity contribution in [3.8, 4) is 11.5 Å². The van der Waals surface area contributed by atoms with Gasteiger partial charge in [-0.15, -0.1) is 12.4 Å².